The average Bonchev–Trinajstić information content (AvgIpc) is 2.91. The van der Waals surface area contributed by atoms with E-state index in [1.165, 1.54) is 51.9 Å². The number of aliphatic carboxylic acids is 2. The maximum Gasteiger partial charge on any atom is 0.326 e. The molecule has 1 atom stereocenters. The lowest BCUT2D eigenvalue weighted by atomic mass is 10.0. The van der Waals surface area contributed by atoms with Gasteiger partial charge in [0, 0.05) is 25.8 Å². The van der Waals surface area contributed by atoms with Crippen LogP contribution < -0.4 is 10.6 Å². The van der Waals surface area contributed by atoms with Gasteiger partial charge in [-0.05, 0) is 26.2 Å². The van der Waals surface area contributed by atoms with E-state index in [1.807, 2.05) is 0 Å². The van der Waals surface area contributed by atoms with E-state index >= 15 is 0 Å². The monoisotopic (exact) mass is 586 g/mol. The van der Waals surface area contributed by atoms with E-state index in [-0.39, 0.29) is 69.6 Å². The second kappa shape index (κ2) is 27.6. The fraction of sp³-hybridized carbons (Fsp3) is 0.833. The zero-order valence-electron chi connectivity index (χ0n) is 25.1. The SMILES string of the molecule is CC(=O)COCCOCCNC(=O)CC[C@H](NC(=O)CCCCCCCCCCCCCCCCC(=O)O)C(=O)O. The number of Topliss-reactive ketones (excluding diaryl/α,β-unsaturated/α-hetero) is 1. The van der Waals surface area contributed by atoms with Crippen LogP contribution in [0.4, 0.5) is 0 Å². The van der Waals surface area contributed by atoms with Crippen molar-refractivity contribution >= 4 is 29.5 Å². The van der Waals surface area contributed by atoms with E-state index < -0.39 is 18.0 Å². The highest BCUT2D eigenvalue weighted by atomic mass is 16.5. The third-order valence-corrected chi connectivity index (χ3v) is 6.58. The third-order valence-electron chi connectivity index (χ3n) is 6.58. The highest BCUT2D eigenvalue weighted by molar-refractivity contribution is 5.84. The predicted molar refractivity (Wildman–Crippen MR) is 156 cm³/mol. The Labute approximate surface area is 245 Å². The van der Waals surface area contributed by atoms with Gasteiger partial charge in [-0.2, -0.15) is 0 Å². The van der Waals surface area contributed by atoms with Crippen molar-refractivity contribution in [2.24, 2.45) is 0 Å². The molecule has 0 saturated heterocycles. The first-order chi connectivity index (χ1) is 19.7. The maximum absolute atomic E-state index is 12.2. The van der Waals surface area contributed by atoms with Gasteiger partial charge < -0.3 is 30.3 Å². The minimum absolute atomic E-state index is 0.0133. The number of ether oxygens (including phenoxy) is 2. The van der Waals surface area contributed by atoms with Gasteiger partial charge in [-0.1, -0.05) is 77.0 Å². The average molecular weight is 587 g/mol. The van der Waals surface area contributed by atoms with E-state index in [2.05, 4.69) is 10.6 Å². The van der Waals surface area contributed by atoms with Crippen LogP contribution >= 0.6 is 0 Å². The molecule has 0 unspecified atom stereocenters. The zero-order chi connectivity index (χ0) is 30.6. The summed E-state index contributed by atoms with van der Waals surface area (Å²) in [5.74, 6) is -2.54. The van der Waals surface area contributed by atoms with Crippen LogP contribution in [0.2, 0.25) is 0 Å². The molecule has 0 rings (SSSR count). The van der Waals surface area contributed by atoms with Gasteiger partial charge in [0.15, 0.2) is 5.78 Å². The minimum Gasteiger partial charge on any atom is -0.481 e. The summed E-state index contributed by atoms with van der Waals surface area (Å²) >= 11 is 0. The number of unbranched alkanes of at least 4 members (excludes halogenated alkanes) is 13. The van der Waals surface area contributed by atoms with Gasteiger partial charge in [0.1, 0.15) is 12.6 Å². The van der Waals surface area contributed by atoms with Crippen LogP contribution in [0.3, 0.4) is 0 Å². The van der Waals surface area contributed by atoms with Gasteiger partial charge in [-0.3, -0.25) is 19.2 Å². The quantitative estimate of drug-likeness (QED) is 0.0891. The molecular formula is C30H54N2O9. The molecule has 0 aromatic rings. The summed E-state index contributed by atoms with van der Waals surface area (Å²) in [6.07, 6.45) is 15.8. The number of carbonyl (C=O) groups excluding carboxylic acids is 3. The van der Waals surface area contributed by atoms with Crippen LogP contribution in [0.1, 0.15) is 122 Å². The molecule has 2 amide bonds. The second-order valence-electron chi connectivity index (χ2n) is 10.6. The zero-order valence-corrected chi connectivity index (χ0v) is 25.1. The lowest BCUT2D eigenvalue weighted by Gasteiger charge is -2.14. The highest BCUT2D eigenvalue weighted by Crippen LogP contribution is 2.14. The van der Waals surface area contributed by atoms with Gasteiger partial charge in [-0.25, -0.2) is 4.79 Å². The van der Waals surface area contributed by atoms with Crippen molar-refractivity contribution in [1.82, 2.24) is 10.6 Å². The Hall–Kier alpha value is -2.53. The number of ketones is 1. The first-order valence-electron chi connectivity index (χ1n) is 15.4. The number of carbonyl (C=O) groups is 5. The first-order valence-corrected chi connectivity index (χ1v) is 15.4. The molecule has 11 nitrogen and oxygen atoms in total. The van der Waals surface area contributed by atoms with E-state index in [9.17, 15) is 29.1 Å². The molecule has 0 aliphatic carbocycles. The van der Waals surface area contributed by atoms with Crippen LogP contribution in [-0.2, 0) is 33.4 Å². The topological polar surface area (TPSA) is 168 Å². The summed E-state index contributed by atoms with van der Waals surface area (Å²) in [7, 11) is 0. The fourth-order valence-electron chi connectivity index (χ4n) is 4.27. The fourth-order valence-corrected chi connectivity index (χ4v) is 4.27. The van der Waals surface area contributed by atoms with Crippen LogP contribution in [0.25, 0.3) is 0 Å². The van der Waals surface area contributed by atoms with Gasteiger partial charge in [-0.15, -0.1) is 0 Å². The first kappa shape index (κ1) is 38.5. The van der Waals surface area contributed by atoms with Gasteiger partial charge in [0.2, 0.25) is 11.8 Å². The van der Waals surface area contributed by atoms with Crippen LogP contribution in [0.5, 0.6) is 0 Å². The lowest BCUT2D eigenvalue weighted by Crippen LogP contribution is -2.41. The number of hydrogen-bond acceptors (Lipinski definition) is 7. The molecule has 0 aliphatic heterocycles. The summed E-state index contributed by atoms with van der Waals surface area (Å²) in [6, 6.07) is -1.10. The van der Waals surface area contributed by atoms with Crippen molar-refractivity contribution in [3.63, 3.8) is 0 Å². The standard InChI is InChI=1S/C30H54N2O9/c1-25(33)24-41-23-22-40-21-20-31-27(34)19-18-26(30(38)39)32-28(35)16-14-12-10-8-6-4-2-3-5-7-9-11-13-15-17-29(36)37/h26H,2-24H2,1H3,(H,31,34)(H,32,35)(H,36,37)(H,38,39)/t26-/m0/s1. The van der Waals surface area contributed by atoms with Crippen LogP contribution in [0.15, 0.2) is 0 Å². The molecule has 0 bridgehead atoms. The molecule has 0 aliphatic rings. The van der Waals surface area contributed by atoms with Crippen molar-refractivity contribution in [2.75, 3.05) is 33.0 Å². The largest absolute Gasteiger partial charge is 0.481 e. The number of amides is 2. The maximum atomic E-state index is 12.2. The number of hydrogen-bond donors (Lipinski definition) is 4. The Morgan fingerprint density at radius 1 is 0.610 bits per heavy atom. The summed E-state index contributed by atoms with van der Waals surface area (Å²) in [6.45, 7) is 2.62. The molecule has 238 valence electrons. The van der Waals surface area contributed by atoms with Crippen LogP contribution in [0, 0.1) is 0 Å². The summed E-state index contributed by atoms with van der Waals surface area (Å²) in [5.41, 5.74) is 0. The Morgan fingerprint density at radius 3 is 1.59 bits per heavy atom. The molecular weight excluding hydrogens is 532 g/mol. The Balaban J connectivity index is 3.66. The molecule has 41 heavy (non-hydrogen) atoms. The predicted octanol–water partition coefficient (Wildman–Crippen LogP) is 4.40. The number of rotatable bonds is 30. The summed E-state index contributed by atoms with van der Waals surface area (Å²) in [5, 5.41) is 23.2. The molecule has 0 radical (unpaired) electrons. The molecule has 11 heteroatoms. The molecule has 0 aromatic heterocycles. The molecule has 0 fully saturated rings. The molecule has 0 saturated carbocycles. The summed E-state index contributed by atoms with van der Waals surface area (Å²) in [4.78, 5) is 56.8. The van der Waals surface area contributed by atoms with Gasteiger partial charge >= 0.3 is 11.9 Å². The van der Waals surface area contributed by atoms with E-state index in [0.717, 1.165) is 38.5 Å². The minimum atomic E-state index is -1.16. The van der Waals surface area contributed by atoms with Gasteiger partial charge in [0.25, 0.3) is 0 Å². The number of nitrogens with one attached hydrogen (secondary N) is 2. The van der Waals surface area contributed by atoms with Crippen molar-refractivity contribution in [3.8, 4) is 0 Å². The molecule has 4 N–H and O–H groups in total. The summed E-state index contributed by atoms with van der Waals surface area (Å²) < 4.78 is 10.3. The van der Waals surface area contributed by atoms with Crippen LogP contribution in [-0.4, -0.2) is 78.8 Å². The Bertz CT molecular complexity index is 731. The van der Waals surface area contributed by atoms with Crippen molar-refractivity contribution in [2.45, 2.75) is 129 Å². The Kier molecular flexibility index (Phi) is 25.9. The van der Waals surface area contributed by atoms with Gasteiger partial charge in [0.05, 0.1) is 19.8 Å². The number of carboxylic acids is 2. The van der Waals surface area contributed by atoms with E-state index in [0.29, 0.717) is 13.0 Å². The molecule has 0 spiro atoms. The van der Waals surface area contributed by atoms with E-state index in [4.69, 9.17) is 14.6 Å². The van der Waals surface area contributed by atoms with Crippen molar-refractivity contribution in [3.05, 3.63) is 0 Å². The molecule has 0 aromatic carbocycles. The number of carboxylic acid groups (broad SMARTS) is 2. The third kappa shape index (κ3) is 28.8. The van der Waals surface area contributed by atoms with E-state index in [1.54, 1.807) is 0 Å². The molecule has 0 heterocycles. The Morgan fingerprint density at radius 2 is 1.10 bits per heavy atom. The van der Waals surface area contributed by atoms with Crippen molar-refractivity contribution < 1.29 is 43.7 Å². The lowest BCUT2D eigenvalue weighted by molar-refractivity contribution is -0.142. The normalized spacial score (nSPS) is 11.6. The second-order valence-corrected chi connectivity index (χ2v) is 10.6. The smallest absolute Gasteiger partial charge is 0.326 e. The van der Waals surface area contributed by atoms with Crippen molar-refractivity contribution in [1.29, 1.82) is 0 Å². The highest BCUT2D eigenvalue weighted by Gasteiger charge is 2.20.